The minimum atomic E-state index is -1.33. The van der Waals surface area contributed by atoms with E-state index >= 15 is 0 Å². The van der Waals surface area contributed by atoms with Gasteiger partial charge in [-0.15, -0.1) is 0 Å². The highest BCUT2D eigenvalue weighted by Crippen LogP contribution is 2.34. The number of ketones is 2. The molecule has 0 N–H and O–H groups in total. The van der Waals surface area contributed by atoms with Gasteiger partial charge in [-0.05, 0) is 92.4 Å². The molecule has 2 atom stereocenters. The lowest BCUT2D eigenvalue weighted by Gasteiger charge is -2.21. The van der Waals surface area contributed by atoms with E-state index in [9.17, 15) is 28.8 Å². The van der Waals surface area contributed by atoms with Crippen LogP contribution in [0.3, 0.4) is 0 Å². The van der Waals surface area contributed by atoms with E-state index in [1.54, 1.807) is 97.1 Å². The Morgan fingerprint density at radius 3 is 1.44 bits per heavy atom. The number of carbonyl (C=O) groups excluding carboxylic acids is 6. The van der Waals surface area contributed by atoms with Crippen LogP contribution in [0.15, 0.2) is 140 Å². The minimum Gasteiger partial charge on any atom is -0.445 e. The summed E-state index contributed by atoms with van der Waals surface area (Å²) in [7, 11) is 0. The maximum absolute atomic E-state index is 14.0. The fourth-order valence-corrected chi connectivity index (χ4v) is 6.67. The smallest absolute Gasteiger partial charge is 0.341 e. The number of aryl methyl sites for hydroxylation is 4. The number of ether oxygens (including phenoxy) is 2. The van der Waals surface area contributed by atoms with Crippen LogP contribution in [0.5, 0.6) is 0 Å². The molecular weight excluding hydrogens is 719 g/mol. The van der Waals surface area contributed by atoms with Gasteiger partial charge >= 0.3 is 11.9 Å². The quantitative estimate of drug-likeness (QED) is 0.0728. The van der Waals surface area contributed by atoms with E-state index in [0.717, 1.165) is 27.2 Å². The van der Waals surface area contributed by atoms with Crippen LogP contribution in [0.1, 0.15) is 108 Å². The van der Waals surface area contributed by atoms with Crippen molar-refractivity contribution in [3.05, 3.63) is 206 Å². The molecule has 0 aromatic heterocycles. The molecule has 0 saturated carbocycles. The van der Waals surface area contributed by atoms with Crippen molar-refractivity contribution in [3.63, 3.8) is 0 Å². The molecule has 282 valence electrons. The fourth-order valence-electron chi connectivity index (χ4n) is 6.67. The fraction of sp³-hybridized carbons (Fsp3) is 0.125. The molecule has 7 rings (SSSR count). The molecule has 0 spiro atoms. The Morgan fingerprint density at radius 1 is 0.456 bits per heavy atom. The Morgan fingerprint density at radius 2 is 0.912 bits per heavy atom. The molecule has 0 saturated heterocycles. The molecule has 9 heteroatoms. The molecule has 1 aliphatic rings. The van der Waals surface area contributed by atoms with Crippen LogP contribution in [0.4, 0.5) is 5.69 Å². The van der Waals surface area contributed by atoms with Crippen LogP contribution in [0.25, 0.3) is 0 Å². The second-order valence-corrected chi connectivity index (χ2v) is 13.9. The van der Waals surface area contributed by atoms with Crippen LogP contribution >= 0.6 is 0 Å². The Kier molecular flexibility index (Phi) is 10.6. The van der Waals surface area contributed by atoms with Crippen molar-refractivity contribution in [1.29, 1.82) is 0 Å². The largest absolute Gasteiger partial charge is 0.445 e. The summed E-state index contributed by atoms with van der Waals surface area (Å²) in [6.45, 7) is 7.63. The van der Waals surface area contributed by atoms with Gasteiger partial charge in [0, 0.05) is 22.3 Å². The van der Waals surface area contributed by atoms with Crippen molar-refractivity contribution in [2.24, 2.45) is 0 Å². The van der Waals surface area contributed by atoms with Crippen LogP contribution in [0.2, 0.25) is 0 Å². The molecule has 57 heavy (non-hydrogen) atoms. The van der Waals surface area contributed by atoms with Gasteiger partial charge in [0.2, 0.25) is 11.6 Å². The number of anilines is 1. The zero-order valence-electron chi connectivity index (χ0n) is 31.6. The predicted molar refractivity (Wildman–Crippen MR) is 214 cm³/mol. The first-order valence-electron chi connectivity index (χ1n) is 18.3. The van der Waals surface area contributed by atoms with E-state index < -0.39 is 47.5 Å². The zero-order valence-corrected chi connectivity index (χ0v) is 31.6. The van der Waals surface area contributed by atoms with Gasteiger partial charge in [-0.25, -0.2) is 14.5 Å². The monoisotopic (exact) mass is 755 g/mol. The van der Waals surface area contributed by atoms with Crippen LogP contribution < -0.4 is 4.90 Å². The normalized spacial score (nSPS) is 13.1. The Labute approximate surface area is 329 Å². The molecule has 2 amide bonds. The number of rotatable bonds is 11. The van der Waals surface area contributed by atoms with Gasteiger partial charge in [-0.1, -0.05) is 97.1 Å². The van der Waals surface area contributed by atoms with Gasteiger partial charge in [-0.3, -0.25) is 19.2 Å². The lowest BCUT2D eigenvalue weighted by molar-refractivity contribution is 0.0278. The van der Waals surface area contributed by atoms with Gasteiger partial charge in [0.05, 0.1) is 27.9 Å². The second kappa shape index (κ2) is 15.8. The third-order valence-corrected chi connectivity index (χ3v) is 10.2. The Balaban J connectivity index is 1.16. The number of hydrogen-bond donors (Lipinski definition) is 0. The average Bonchev–Trinajstić information content (AvgIpc) is 3.48. The highest BCUT2D eigenvalue weighted by atomic mass is 16.6. The summed E-state index contributed by atoms with van der Waals surface area (Å²) in [5.74, 6) is -4.20. The third-order valence-electron chi connectivity index (χ3n) is 10.2. The van der Waals surface area contributed by atoms with Gasteiger partial charge in [0.15, 0.2) is 12.2 Å². The van der Waals surface area contributed by atoms with Gasteiger partial charge < -0.3 is 9.47 Å². The van der Waals surface area contributed by atoms with Crippen molar-refractivity contribution < 1.29 is 38.2 Å². The number of nitrogens with zero attached hydrogens (tertiary/aromatic N) is 1. The molecule has 6 aromatic rings. The minimum absolute atomic E-state index is 0.00221. The molecule has 0 bridgehead atoms. The number of amides is 2. The lowest BCUT2D eigenvalue weighted by Crippen LogP contribution is -2.31. The molecule has 1 heterocycles. The molecule has 6 aromatic carbocycles. The van der Waals surface area contributed by atoms with Crippen LogP contribution in [-0.2, 0) is 9.47 Å². The van der Waals surface area contributed by atoms with E-state index in [4.69, 9.17) is 9.47 Å². The molecule has 1 aliphatic heterocycles. The number of Topliss-reactive ketones (excluding diaryl/α,β-unsaturated/α-hetero) is 2. The number of imide groups is 1. The number of esters is 2. The number of benzene rings is 6. The third kappa shape index (κ3) is 7.55. The second-order valence-electron chi connectivity index (χ2n) is 13.9. The highest BCUT2D eigenvalue weighted by Gasteiger charge is 2.40. The molecule has 0 radical (unpaired) electrons. The van der Waals surface area contributed by atoms with E-state index in [1.807, 2.05) is 39.8 Å². The van der Waals surface area contributed by atoms with Crippen molar-refractivity contribution in [2.75, 3.05) is 4.90 Å². The van der Waals surface area contributed by atoms with E-state index in [0.29, 0.717) is 22.3 Å². The maximum Gasteiger partial charge on any atom is 0.341 e. The molecule has 0 unspecified atom stereocenters. The van der Waals surface area contributed by atoms with E-state index in [1.165, 1.54) is 30.3 Å². The average molecular weight is 756 g/mol. The number of fused-ring (bicyclic) bond motifs is 1. The highest BCUT2D eigenvalue weighted by molar-refractivity contribution is 6.35. The predicted octanol–water partition coefficient (Wildman–Crippen LogP) is 9.28. The van der Waals surface area contributed by atoms with Crippen LogP contribution in [0, 0.1) is 27.7 Å². The zero-order chi connectivity index (χ0) is 40.4. The summed E-state index contributed by atoms with van der Waals surface area (Å²) in [6.07, 6.45) is -2.62. The first kappa shape index (κ1) is 38.0. The van der Waals surface area contributed by atoms with Crippen molar-refractivity contribution in [2.45, 2.75) is 39.9 Å². The summed E-state index contributed by atoms with van der Waals surface area (Å²) in [4.78, 5) is 84.1. The molecule has 9 nitrogen and oxygen atoms in total. The topological polar surface area (TPSA) is 124 Å². The summed E-state index contributed by atoms with van der Waals surface area (Å²) >= 11 is 0. The van der Waals surface area contributed by atoms with Gasteiger partial charge in [0.25, 0.3) is 11.8 Å². The van der Waals surface area contributed by atoms with Crippen molar-refractivity contribution >= 4 is 41.0 Å². The Hall–Kier alpha value is -7.26. The lowest BCUT2D eigenvalue weighted by atomic mass is 9.97. The molecular formula is C48H37NO8. The van der Waals surface area contributed by atoms with Crippen molar-refractivity contribution in [1.82, 2.24) is 0 Å². The van der Waals surface area contributed by atoms with E-state index in [2.05, 4.69) is 0 Å². The maximum atomic E-state index is 14.0. The van der Waals surface area contributed by atoms with E-state index in [-0.39, 0.29) is 27.9 Å². The number of para-hydroxylation sites is 1. The van der Waals surface area contributed by atoms with Gasteiger partial charge in [0.1, 0.15) is 0 Å². The SMILES string of the molecule is Cc1ccc(C(=O)[C@H](OC(=O)c2ccc3c(c2)C(=O)N(c2ccccc2C(=O)O[C@@H](C(=O)c2ccc(C)c(C)c2)c2ccccc2)C3=O)c2ccccc2)cc1C. The number of carbonyl (C=O) groups is 6. The Bertz CT molecular complexity index is 2600. The summed E-state index contributed by atoms with van der Waals surface area (Å²) in [5.41, 5.74) is 5.08. The molecule has 0 fully saturated rings. The van der Waals surface area contributed by atoms with Gasteiger partial charge in [-0.2, -0.15) is 0 Å². The first-order chi connectivity index (χ1) is 27.4. The van der Waals surface area contributed by atoms with Crippen molar-refractivity contribution in [3.8, 4) is 0 Å². The summed E-state index contributed by atoms with van der Waals surface area (Å²) in [6, 6.07) is 37.6. The summed E-state index contributed by atoms with van der Waals surface area (Å²) < 4.78 is 11.8. The molecule has 0 aliphatic carbocycles. The standard InChI is InChI=1S/C48H37NO8/c1-28-19-21-34(25-30(28)3)41(50)43(32-13-7-5-8-14-32)56-47(54)36-23-24-37-39(27-36)46(53)49(45(37)52)40-18-12-11-17-38(40)48(55)57-44(33-15-9-6-10-16-33)42(51)35-22-20-29(2)31(4)26-35/h5-27,43-44H,1-4H3/t43-,44-/m1/s1. The first-order valence-corrected chi connectivity index (χ1v) is 18.3. The number of hydrogen-bond acceptors (Lipinski definition) is 8. The summed E-state index contributed by atoms with van der Waals surface area (Å²) in [5, 5.41) is 0. The van der Waals surface area contributed by atoms with Crippen LogP contribution in [-0.4, -0.2) is 35.3 Å².